The molecule has 0 spiro atoms. The predicted octanol–water partition coefficient (Wildman–Crippen LogP) is 1.77. The van der Waals surface area contributed by atoms with E-state index in [-0.39, 0.29) is 12.6 Å². The number of anilines is 1. The van der Waals surface area contributed by atoms with Gasteiger partial charge in [-0.2, -0.15) is 5.10 Å². The van der Waals surface area contributed by atoms with E-state index in [4.69, 9.17) is 4.74 Å². The van der Waals surface area contributed by atoms with Gasteiger partial charge >= 0.3 is 12.1 Å². The summed E-state index contributed by atoms with van der Waals surface area (Å²) in [6.45, 7) is 0.508. The van der Waals surface area contributed by atoms with Crippen LogP contribution in [0.15, 0.2) is 42.7 Å². The summed E-state index contributed by atoms with van der Waals surface area (Å²) in [6, 6.07) is 8.68. The number of aromatic nitrogens is 2. The van der Waals surface area contributed by atoms with Crippen LogP contribution in [0.1, 0.15) is 18.4 Å². The van der Waals surface area contributed by atoms with Crippen LogP contribution in [0, 0.1) is 0 Å². The van der Waals surface area contributed by atoms with Crippen molar-refractivity contribution in [3.05, 3.63) is 48.3 Å². The number of carboxylic acid groups (broad SMARTS) is 1. The van der Waals surface area contributed by atoms with E-state index >= 15 is 0 Å². The SMILES string of the molecule is Cn1cc(N2C(CNC(=O)OCc3ccccc3)CCC2C(=O)O)cn1. The quantitative estimate of drug-likeness (QED) is 0.817. The van der Waals surface area contributed by atoms with Crippen molar-refractivity contribution in [2.75, 3.05) is 11.4 Å². The van der Waals surface area contributed by atoms with Crippen LogP contribution in [-0.4, -0.2) is 45.6 Å². The highest BCUT2D eigenvalue weighted by Gasteiger charge is 2.38. The molecule has 2 N–H and O–H groups in total. The fourth-order valence-electron chi connectivity index (χ4n) is 3.23. The highest BCUT2D eigenvalue weighted by Crippen LogP contribution is 2.30. The van der Waals surface area contributed by atoms with Crippen LogP contribution in [-0.2, 0) is 23.2 Å². The molecule has 26 heavy (non-hydrogen) atoms. The normalized spacial score (nSPS) is 19.3. The second kappa shape index (κ2) is 7.90. The molecule has 8 heteroatoms. The van der Waals surface area contributed by atoms with E-state index in [1.807, 2.05) is 35.2 Å². The average molecular weight is 358 g/mol. The highest BCUT2D eigenvalue weighted by molar-refractivity contribution is 5.79. The number of hydrogen-bond acceptors (Lipinski definition) is 5. The molecule has 1 aromatic heterocycles. The van der Waals surface area contributed by atoms with Crippen LogP contribution in [0.5, 0.6) is 0 Å². The average Bonchev–Trinajstić information content (AvgIpc) is 3.24. The number of amides is 1. The maximum Gasteiger partial charge on any atom is 0.407 e. The number of carbonyl (C=O) groups is 2. The molecule has 0 radical (unpaired) electrons. The number of hydrogen-bond donors (Lipinski definition) is 2. The summed E-state index contributed by atoms with van der Waals surface area (Å²) >= 11 is 0. The van der Waals surface area contributed by atoms with Gasteiger partial charge in [0.15, 0.2) is 0 Å². The number of ether oxygens (including phenoxy) is 1. The van der Waals surface area contributed by atoms with E-state index in [0.717, 1.165) is 11.3 Å². The van der Waals surface area contributed by atoms with E-state index in [9.17, 15) is 14.7 Å². The fraction of sp³-hybridized carbons (Fsp3) is 0.389. The second-order valence-electron chi connectivity index (χ2n) is 6.31. The number of carboxylic acids is 1. The summed E-state index contributed by atoms with van der Waals surface area (Å²) in [5.41, 5.74) is 1.65. The standard InChI is InChI=1S/C18H22N4O4/c1-21-11-15(10-20-21)22-14(7-8-16(22)17(23)24)9-19-18(25)26-12-13-5-3-2-4-6-13/h2-6,10-11,14,16H,7-9,12H2,1H3,(H,19,25)(H,23,24). The number of alkyl carbamates (subject to hydrolysis) is 1. The van der Waals surface area contributed by atoms with Crippen molar-refractivity contribution in [1.82, 2.24) is 15.1 Å². The zero-order valence-electron chi connectivity index (χ0n) is 14.5. The summed E-state index contributed by atoms with van der Waals surface area (Å²) in [6.07, 6.45) is 4.10. The molecule has 8 nitrogen and oxygen atoms in total. The number of nitrogens with zero attached hydrogens (tertiary/aromatic N) is 3. The molecular formula is C18H22N4O4. The summed E-state index contributed by atoms with van der Waals surface area (Å²) in [5.74, 6) is -0.872. The molecule has 2 aromatic rings. The molecule has 3 rings (SSSR count). The Hall–Kier alpha value is -3.03. The van der Waals surface area contributed by atoms with Gasteiger partial charge in [0.05, 0.1) is 11.9 Å². The first-order valence-corrected chi connectivity index (χ1v) is 8.49. The molecule has 1 aromatic carbocycles. The molecule has 1 aliphatic heterocycles. The van der Waals surface area contributed by atoms with Gasteiger partial charge < -0.3 is 20.1 Å². The number of aryl methyl sites for hydroxylation is 1. The Labute approximate surface area is 151 Å². The maximum atomic E-state index is 12.0. The topological polar surface area (TPSA) is 96.7 Å². The molecule has 1 amide bonds. The Morgan fingerprint density at radius 2 is 2.08 bits per heavy atom. The number of benzene rings is 1. The Balaban J connectivity index is 1.57. The van der Waals surface area contributed by atoms with E-state index in [0.29, 0.717) is 19.4 Å². The Morgan fingerprint density at radius 3 is 2.73 bits per heavy atom. The van der Waals surface area contributed by atoms with Gasteiger partial charge in [0.25, 0.3) is 0 Å². The Morgan fingerprint density at radius 1 is 1.31 bits per heavy atom. The molecule has 0 aliphatic carbocycles. The third-order valence-corrected chi connectivity index (χ3v) is 4.47. The zero-order valence-corrected chi connectivity index (χ0v) is 14.5. The molecule has 2 heterocycles. The van der Waals surface area contributed by atoms with E-state index in [1.54, 1.807) is 24.1 Å². The minimum Gasteiger partial charge on any atom is -0.480 e. The first kappa shape index (κ1) is 17.8. The van der Waals surface area contributed by atoms with Crippen LogP contribution in [0.25, 0.3) is 0 Å². The van der Waals surface area contributed by atoms with Gasteiger partial charge in [0.2, 0.25) is 0 Å². The van der Waals surface area contributed by atoms with Crippen LogP contribution in [0.2, 0.25) is 0 Å². The lowest BCUT2D eigenvalue weighted by molar-refractivity contribution is -0.138. The molecule has 0 saturated carbocycles. The first-order valence-electron chi connectivity index (χ1n) is 8.49. The van der Waals surface area contributed by atoms with E-state index in [1.165, 1.54) is 0 Å². The molecule has 1 saturated heterocycles. The molecule has 1 aliphatic rings. The minimum absolute atomic E-state index is 0.121. The number of aliphatic carboxylic acids is 1. The van der Waals surface area contributed by atoms with Gasteiger partial charge in [-0.05, 0) is 18.4 Å². The van der Waals surface area contributed by atoms with Crippen LogP contribution >= 0.6 is 0 Å². The van der Waals surface area contributed by atoms with Crippen molar-refractivity contribution < 1.29 is 19.4 Å². The van der Waals surface area contributed by atoms with Crippen LogP contribution < -0.4 is 10.2 Å². The largest absolute Gasteiger partial charge is 0.480 e. The lowest BCUT2D eigenvalue weighted by atomic mass is 10.2. The van der Waals surface area contributed by atoms with Gasteiger partial charge in [-0.15, -0.1) is 0 Å². The van der Waals surface area contributed by atoms with Gasteiger partial charge in [0, 0.05) is 25.8 Å². The van der Waals surface area contributed by atoms with Crippen molar-refractivity contribution in [3.8, 4) is 0 Å². The fourth-order valence-corrected chi connectivity index (χ4v) is 3.23. The lowest BCUT2D eigenvalue weighted by Gasteiger charge is -2.29. The summed E-state index contributed by atoms with van der Waals surface area (Å²) in [4.78, 5) is 25.3. The molecule has 1 fully saturated rings. The van der Waals surface area contributed by atoms with Crippen LogP contribution in [0.4, 0.5) is 10.5 Å². The number of rotatable bonds is 6. The number of nitrogens with one attached hydrogen (secondary N) is 1. The summed E-state index contributed by atoms with van der Waals surface area (Å²) in [7, 11) is 1.78. The third-order valence-electron chi connectivity index (χ3n) is 4.47. The first-order chi connectivity index (χ1) is 12.5. The lowest BCUT2D eigenvalue weighted by Crippen LogP contribution is -2.46. The smallest absolute Gasteiger partial charge is 0.407 e. The van der Waals surface area contributed by atoms with E-state index in [2.05, 4.69) is 10.4 Å². The molecular weight excluding hydrogens is 336 g/mol. The highest BCUT2D eigenvalue weighted by atomic mass is 16.5. The zero-order chi connectivity index (χ0) is 18.5. The molecule has 0 bridgehead atoms. The van der Waals surface area contributed by atoms with Gasteiger partial charge in [0.1, 0.15) is 12.6 Å². The van der Waals surface area contributed by atoms with Gasteiger partial charge in [-0.25, -0.2) is 9.59 Å². The molecule has 2 unspecified atom stereocenters. The van der Waals surface area contributed by atoms with Gasteiger partial charge in [-0.3, -0.25) is 4.68 Å². The van der Waals surface area contributed by atoms with Crippen molar-refractivity contribution in [2.45, 2.75) is 31.5 Å². The van der Waals surface area contributed by atoms with Crippen molar-refractivity contribution >= 4 is 17.7 Å². The number of carbonyl (C=O) groups excluding carboxylic acids is 1. The molecule has 2 atom stereocenters. The monoisotopic (exact) mass is 358 g/mol. The minimum atomic E-state index is -0.872. The second-order valence-corrected chi connectivity index (χ2v) is 6.31. The van der Waals surface area contributed by atoms with Crippen LogP contribution in [0.3, 0.4) is 0 Å². The summed E-state index contributed by atoms with van der Waals surface area (Å²) < 4.78 is 6.84. The van der Waals surface area contributed by atoms with E-state index < -0.39 is 18.1 Å². The maximum absolute atomic E-state index is 12.0. The Kier molecular flexibility index (Phi) is 5.40. The van der Waals surface area contributed by atoms with Crippen molar-refractivity contribution in [1.29, 1.82) is 0 Å². The Bertz CT molecular complexity index is 762. The summed E-state index contributed by atoms with van der Waals surface area (Å²) in [5, 5.41) is 16.3. The predicted molar refractivity (Wildman–Crippen MR) is 94.8 cm³/mol. The van der Waals surface area contributed by atoms with Gasteiger partial charge in [-0.1, -0.05) is 30.3 Å². The van der Waals surface area contributed by atoms with Crippen molar-refractivity contribution in [2.24, 2.45) is 7.05 Å². The third kappa shape index (κ3) is 4.14. The van der Waals surface area contributed by atoms with Crippen molar-refractivity contribution in [3.63, 3.8) is 0 Å². The molecule has 138 valence electrons.